The van der Waals surface area contributed by atoms with Gasteiger partial charge in [-0.15, -0.1) is 30.6 Å². The van der Waals surface area contributed by atoms with Crippen LogP contribution >= 0.6 is 0 Å². The number of fused-ring (bicyclic) bond motifs is 6. The Bertz CT molecular complexity index is 3680. The molecule has 1 saturated carbocycles. The number of nitrogen functional groups attached to an aromatic ring is 3. The first kappa shape index (κ1) is 47.9. The van der Waals surface area contributed by atoms with Crippen molar-refractivity contribution in [2.75, 3.05) is 38.5 Å². The number of aryl methyl sites for hydroxylation is 2. The summed E-state index contributed by atoms with van der Waals surface area (Å²) in [6.45, 7) is 3.95. The number of nitrogens with two attached hydrogens (primary N) is 3. The van der Waals surface area contributed by atoms with Crippen LogP contribution < -0.4 is 31.4 Å². The molecule has 3 aliphatic heterocycles. The molecule has 18 nitrogen and oxygen atoms in total. The van der Waals surface area contributed by atoms with Gasteiger partial charge in [-0.05, 0) is 109 Å². The van der Waals surface area contributed by atoms with E-state index >= 15 is 0 Å². The van der Waals surface area contributed by atoms with Crippen molar-refractivity contribution in [2.24, 2.45) is 15.3 Å². The number of benzene rings is 6. The van der Waals surface area contributed by atoms with E-state index in [1.807, 2.05) is 125 Å². The van der Waals surface area contributed by atoms with Gasteiger partial charge in [-0.25, -0.2) is 14.0 Å². The van der Waals surface area contributed by atoms with Gasteiger partial charge in [0.1, 0.15) is 17.2 Å². The van der Waals surface area contributed by atoms with Crippen LogP contribution in [0.1, 0.15) is 111 Å². The predicted molar refractivity (Wildman–Crippen MR) is 289 cm³/mol. The highest BCUT2D eigenvalue weighted by atomic mass is 16.5. The summed E-state index contributed by atoms with van der Waals surface area (Å²) in [6, 6.07) is 41.4. The molecule has 6 aromatic carbocycles. The highest BCUT2D eigenvalue weighted by molar-refractivity contribution is 6.15. The summed E-state index contributed by atoms with van der Waals surface area (Å²) >= 11 is 0. The smallest absolute Gasteiger partial charge is 0.159 e. The van der Waals surface area contributed by atoms with Crippen LogP contribution in [0.25, 0.3) is 0 Å². The standard InChI is InChI=1S/C20H19N5O.C19H19N5O.C18H17N5O/c1-26-16-9-6-14-10-18-22-23-20(13-2-3-13)25(18)24-19(17(14)11-16)12-4-7-15(21)8-5-12;1-3-17-21-22-18-10-13-6-9-15(25-2)11-16(13)19(23-24(17)18)12-4-7-14(20)8-5-12;1-11-20-21-17-9-13-5-8-15(24-2)10-16(13)18(22-23(11)17)12-3-6-14(19)7-4-12/h4-9,11,13H,2-3,10,21H2,1H3;4-9,11H,3,10,20H2,1-2H3;3-8,10H,9,19H2,1-2H3. The maximum atomic E-state index is 5.87. The van der Waals surface area contributed by atoms with Gasteiger partial charge in [-0.1, -0.05) is 61.5 Å². The fraction of sp³-hybridized carbons (Fsp3) is 0.211. The van der Waals surface area contributed by atoms with Crippen molar-refractivity contribution >= 4 is 34.2 Å². The van der Waals surface area contributed by atoms with Crippen LogP contribution in [0.15, 0.2) is 143 Å². The summed E-state index contributed by atoms with van der Waals surface area (Å²) in [5, 5.41) is 40.5. The molecule has 0 saturated heterocycles. The van der Waals surface area contributed by atoms with E-state index in [0.29, 0.717) is 25.2 Å². The van der Waals surface area contributed by atoms with Crippen molar-refractivity contribution in [2.45, 2.75) is 58.3 Å². The first-order valence-electron chi connectivity index (χ1n) is 24.7. The SMILES string of the molecule is CCc1nnc2n1N=C(c1ccc(N)cc1)c1cc(OC)ccc1C2.COc1ccc2c(c1)C(c1ccc(N)cc1)=Nn1c(C)nnc1C2.COc1ccc2c(c1)C(c1ccc(N)cc1)=Nn1c(nnc1C1CC1)C2. The maximum Gasteiger partial charge on any atom is 0.159 e. The molecule has 1 fully saturated rings. The first-order chi connectivity index (χ1) is 36.6. The fourth-order valence-electron chi connectivity index (χ4n) is 9.29. The lowest BCUT2D eigenvalue weighted by Crippen LogP contribution is -2.08. The summed E-state index contributed by atoms with van der Waals surface area (Å²) in [5.41, 5.74) is 31.9. The molecule has 6 heterocycles. The summed E-state index contributed by atoms with van der Waals surface area (Å²) < 4.78 is 21.9. The van der Waals surface area contributed by atoms with E-state index in [-0.39, 0.29) is 0 Å². The highest BCUT2D eigenvalue weighted by Crippen LogP contribution is 2.40. The molecule has 9 aromatic rings. The second-order valence-corrected chi connectivity index (χ2v) is 18.5. The van der Waals surface area contributed by atoms with Gasteiger partial charge in [0.2, 0.25) is 0 Å². The van der Waals surface area contributed by atoms with Gasteiger partial charge in [-0.2, -0.15) is 15.3 Å². The Morgan fingerprint density at radius 2 is 0.827 bits per heavy atom. The molecule has 1 aliphatic carbocycles. The minimum atomic E-state index is 0.475. The molecule has 13 rings (SSSR count). The number of hydrogen-bond acceptors (Lipinski definition) is 15. The van der Waals surface area contributed by atoms with Gasteiger partial charge in [0.15, 0.2) is 34.9 Å². The molecule has 0 bridgehead atoms. The van der Waals surface area contributed by atoms with Gasteiger partial charge in [0.25, 0.3) is 0 Å². The lowest BCUT2D eigenvalue weighted by molar-refractivity contribution is 0.414. The van der Waals surface area contributed by atoms with E-state index in [4.69, 9.17) is 46.7 Å². The van der Waals surface area contributed by atoms with Crippen LogP contribution in [0.5, 0.6) is 17.2 Å². The zero-order valence-electron chi connectivity index (χ0n) is 42.3. The van der Waals surface area contributed by atoms with Crippen LogP contribution in [0.2, 0.25) is 0 Å². The molecule has 18 heteroatoms. The van der Waals surface area contributed by atoms with E-state index in [2.05, 4.69) is 55.7 Å². The third-order valence-corrected chi connectivity index (χ3v) is 13.5. The Balaban J connectivity index is 0.000000121. The van der Waals surface area contributed by atoms with Crippen LogP contribution in [-0.2, 0) is 25.7 Å². The molecule has 4 aliphatic rings. The second kappa shape index (κ2) is 20.2. The van der Waals surface area contributed by atoms with Gasteiger partial charge in [-0.3, -0.25) is 0 Å². The Labute approximate surface area is 433 Å². The zero-order chi connectivity index (χ0) is 51.7. The van der Waals surface area contributed by atoms with E-state index in [1.165, 1.54) is 0 Å². The van der Waals surface area contributed by atoms with Gasteiger partial charge < -0.3 is 31.4 Å². The average Bonchev–Trinajstić information content (AvgIpc) is 4.12. The Morgan fingerprint density at radius 1 is 0.453 bits per heavy atom. The monoisotopic (exact) mass is 997 g/mol. The van der Waals surface area contributed by atoms with Gasteiger partial charge in [0.05, 0.1) is 38.5 Å². The molecule has 3 aromatic heterocycles. The Morgan fingerprint density at radius 3 is 1.24 bits per heavy atom. The third-order valence-electron chi connectivity index (χ3n) is 13.5. The molecule has 0 spiro atoms. The highest BCUT2D eigenvalue weighted by Gasteiger charge is 2.32. The van der Waals surface area contributed by atoms with Crippen LogP contribution in [-0.4, -0.2) is 83.1 Å². The van der Waals surface area contributed by atoms with E-state index in [0.717, 1.165) is 156 Å². The normalized spacial score (nSPS) is 13.8. The average molecular weight is 998 g/mol. The van der Waals surface area contributed by atoms with Crippen molar-refractivity contribution in [1.29, 1.82) is 0 Å². The summed E-state index contributed by atoms with van der Waals surface area (Å²) in [6.07, 6.45) is 5.12. The largest absolute Gasteiger partial charge is 0.497 e. The molecule has 6 N–H and O–H groups in total. The number of rotatable bonds is 8. The van der Waals surface area contributed by atoms with Crippen LogP contribution in [0.3, 0.4) is 0 Å². The molecular weight excluding hydrogens is 943 g/mol. The maximum absolute atomic E-state index is 5.87. The van der Waals surface area contributed by atoms with E-state index in [1.54, 1.807) is 26.0 Å². The molecule has 0 unspecified atom stereocenters. The Hall–Kier alpha value is -9.45. The molecule has 376 valence electrons. The fourth-order valence-corrected chi connectivity index (χ4v) is 9.29. The van der Waals surface area contributed by atoms with Crippen molar-refractivity contribution in [3.05, 3.63) is 212 Å². The van der Waals surface area contributed by atoms with Gasteiger partial charge >= 0.3 is 0 Å². The Kier molecular flexibility index (Phi) is 12.9. The van der Waals surface area contributed by atoms with Crippen LogP contribution in [0.4, 0.5) is 17.1 Å². The van der Waals surface area contributed by atoms with E-state index in [9.17, 15) is 0 Å². The zero-order valence-corrected chi connectivity index (χ0v) is 42.3. The minimum absolute atomic E-state index is 0.475. The summed E-state index contributed by atoms with van der Waals surface area (Å²) in [5.74, 6) is 8.01. The lowest BCUT2D eigenvalue weighted by atomic mass is 9.95. The number of anilines is 3. The van der Waals surface area contributed by atoms with Gasteiger partial charge in [0, 0.05) is 82.0 Å². The first-order valence-corrected chi connectivity index (χ1v) is 24.7. The predicted octanol–water partition coefficient (Wildman–Crippen LogP) is 7.97. The van der Waals surface area contributed by atoms with Crippen molar-refractivity contribution in [1.82, 2.24) is 44.6 Å². The topological polar surface area (TPSA) is 235 Å². The number of nitrogens with zero attached hydrogens (tertiary/aromatic N) is 12. The molecular formula is C57H55N15O3. The van der Waals surface area contributed by atoms with Crippen molar-refractivity contribution in [3.8, 4) is 17.2 Å². The lowest BCUT2D eigenvalue weighted by Gasteiger charge is -2.11. The second-order valence-electron chi connectivity index (χ2n) is 18.5. The summed E-state index contributed by atoms with van der Waals surface area (Å²) in [7, 11) is 5.01. The number of aromatic nitrogens is 9. The van der Waals surface area contributed by atoms with Crippen molar-refractivity contribution in [3.63, 3.8) is 0 Å². The van der Waals surface area contributed by atoms with Crippen LogP contribution in [0, 0.1) is 6.92 Å². The van der Waals surface area contributed by atoms with Crippen molar-refractivity contribution < 1.29 is 14.2 Å². The number of ether oxygens (including phenoxy) is 3. The quantitative estimate of drug-likeness (QED) is 0.123. The molecule has 0 amide bonds. The summed E-state index contributed by atoms with van der Waals surface area (Å²) in [4.78, 5) is 0. The molecule has 0 atom stereocenters. The third kappa shape index (κ3) is 9.68. The minimum Gasteiger partial charge on any atom is -0.497 e. The molecule has 0 radical (unpaired) electrons. The number of methoxy groups -OCH3 is 3. The number of hydrogen-bond donors (Lipinski definition) is 3. The molecule has 75 heavy (non-hydrogen) atoms. The van der Waals surface area contributed by atoms with E-state index < -0.39 is 0 Å².